The quantitative estimate of drug-likeness (QED) is 0.739. The third kappa shape index (κ3) is 3.02. The third-order valence-corrected chi connectivity index (χ3v) is 7.35. The number of hydrogen-bond donors (Lipinski definition) is 0. The van der Waals surface area contributed by atoms with Crippen LogP contribution >= 0.6 is 11.8 Å². The van der Waals surface area contributed by atoms with E-state index < -0.39 is 11.6 Å². The summed E-state index contributed by atoms with van der Waals surface area (Å²) < 4.78 is 4.91. The fourth-order valence-electron chi connectivity index (χ4n) is 4.68. The van der Waals surface area contributed by atoms with Gasteiger partial charge in [0.05, 0.1) is 18.9 Å². The highest BCUT2D eigenvalue weighted by atomic mass is 32.2. The molecular formula is C20H24N2O4S. The van der Waals surface area contributed by atoms with Crippen LogP contribution in [0.15, 0.2) is 30.3 Å². The summed E-state index contributed by atoms with van der Waals surface area (Å²) in [4.78, 5) is 42.3. The van der Waals surface area contributed by atoms with Crippen LogP contribution in [0.5, 0.6) is 0 Å². The van der Waals surface area contributed by atoms with Crippen LogP contribution in [-0.2, 0) is 25.5 Å². The highest BCUT2D eigenvalue weighted by Crippen LogP contribution is 2.46. The monoisotopic (exact) mass is 388 g/mol. The highest BCUT2D eigenvalue weighted by Gasteiger charge is 2.58. The zero-order valence-corrected chi connectivity index (χ0v) is 16.2. The Morgan fingerprint density at radius 3 is 2.78 bits per heavy atom. The number of ether oxygens (including phenoxy) is 1. The van der Waals surface area contributed by atoms with Crippen molar-refractivity contribution in [2.24, 2.45) is 0 Å². The first-order chi connectivity index (χ1) is 13.1. The SMILES string of the molecule is COC(=O)C1CSC2CCC3(CCCN3C(=O)Cc3ccccc3)C(=O)N21. The lowest BCUT2D eigenvalue weighted by Gasteiger charge is -2.46. The second-order valence-corrected chi connectivity index (χ2v) is 8.63. The summed E-state index contributed by atoms with van der Waals surface area (Å²) in [7, 11) is 1.36. The smallest absolute Gasteiger partial charge is 0.329 e. The molecular weight excluding hydrogens is 364 g/mol. The van der Waals surface area contributed by atoms with E-state index in [1.165, 1.54) is 7.11 Å². The van der Waals surface area contributed by atoms with Gasteiger partial charge in [-0.25, -0.2) is 4.79 Å². The molecule has 1 spiro atoms. The first-order valence-corrected chi connectivity index (χ1v) is 10.5. The number of esters is 1. The molecule has 144 valence electrons. The number of nitrogens with zero attached hydrogens (tertiary/aromatic N) is 2. The van der Waals surface area contributed by atoms with E-state index in [4.69, 9.17) is 4.74 Å². The summed E-state index contributed by atoms with van der Waals surface area (Å²) in [6.07, 6.45) is 3.27. The lowest BCUT2D eigenvalue weighted by atomic mass is 9.84. The van der Waals surface area contributed by atoms with Crippen molar-refractivity contribution >= 4 is 29.5 Å². The molecule has 6 nitrogen and oxygen atoms in total. The molecule has 0 radical (unpaired) electrons. The Morgan fingerprint density at radius 1 is 1.26 bits per heavy atom. The van der Waals surface area contributed by atoms with E-state index in [1.54, 1.807) is 21.6 Å². The number of carbonyl (C=O) groups excluding carboxylic acids is 3. The predicted molar refractivity (Wildman–Crippen MR) is 102 cm³/mol. The lowest BCUT2D eigenvalue weighted by Crippen LogP contribution is -2.64. The predicted octanol–water partition coefficient (Wildman–Crippen LogP) is 1.83. The standard InChI is InChI=1S/C20H24N2O4S/c1-26-18(24)15-13-27-17-8-10-20(19(25)22(15)17)9-5-11-21(20)16(23)12-14-6-3-2-4-7-14/h2-4,6-7,15,17H,5,8-13H2,1H3. The molecule has 0 N–H and O–H groups in total. The van der Waals surface area contributed by atoms with E-state index in [9.17, 15) is 14.4 Å². The molecule has 3 unspecified atom stereocenters. The number of likely N-dealkylation sites (tertiary alicyclic amines) is 1. The molecule has 27 heavy (non-hydrogen) atoms. The summed E-state index contributed by atoms with van der Waals surface area (Å²) in [6, 6.07) is 9.09. The largest absolute Gasteiger partial charge is 0.467 e. The fraction of sp³-hybridized carbons (Fsp3) is 0.550. The lowest BCUT2D eigenvalue weighted by molar-refractivity contribution is -0.163. The van der Waals surface area contributed by atoms with Gasteiger partial charge in [0.2, 0.25) is 11.8 Å². The Bertz CT molecular complexity index is 756. The van der Waals surface area contributed by atoms with E-state index in [0.717, 1.165) is 18.4 Å². The second kappa shape index (κ2) is 7.19. The molecule has 2 amide bonds. The molecule has 3 heterocycles. The van der Waals surface area contributed by atoms with Gasteiger partial charge in [0.25, 0.3) is 0 Å². The topological polar surface area (TPSA) is 66.9 Å². The summed E-state index contributed by atoms with van der Waals surface area (Å²) >= 11 is 1.64. The first kappa shape index (κ1) is 18.3. The van der Waals surface area contributed by atoms with Gasteiger partial charge in [-0.2, -0.15) is 0 Å². The number of hydrogen-bond acceptors (Lipinski definition) is 5. The molecule has 4 rings (SSSR count). The van der Waals surface area contributed by atoms with Crippen LogP contribution < -0.4 is 0 Å². The van der Waals surface area contributed by atoms with E-state index >= 15 is 0 Å². The van der Waals surface area contributed by atoms with Crippen LogP contribution in [0, 0.1) is 0 Å². The first-order valence-electron chi connectivity index (χ1n) is 9.43. The van der Waals surface area contributed by atoms with Crippen LogP contribution in [-0.4, -0.2) is 63.9 Å². The van der Waals surface area contributed by atoms with Crippen molar-refractivity contribution in [1.29, 1.82) is 0 Å². The summed E-state index contributed by atoms with van der Waals surface area (Å²) in [5, 5.41) is 0.0129. The molecule has 1 aromatic rings. The number of rotatable bonds is 3. The van der Waals surface area contributed by atoms with Crippen molar-refractivity contribution < 1.29 is 19.1 Å². The van der Waals surface area contributed by atoms with Crippen molar-refractivity contribution in [3.8, 4) is 0 Å². The van der Waals surface area contributed by atoms with E-state index in [-0.39, 0.29) is 23.2 Å². The Hall–Kier alpha value is -2.02. The Morgan fingerprint density at radius 2 is 2.04 bits per heavy atom. The Labute approximate surface area is 163 Å². The van der Waals surface area contributed by atoms with Crippen molar-refractivity contribution in [3.05, 3.63) is 35.9 Å². The molecule has 7 heteroatoms. The second-order valence-electron chi connectivity index (χ2n) is 7.42. The van der Waals surface area contributed by atoms with Crippen molar-refractivity contribution in [1.82, 2.24) is 9.80 Å². The Kier molecular flexibility index (Phi) is 4.88. The van der Waals surface area contributed by atoms with Gasteiger partial charge in [0.15, 0.2) is 0 Å². The maximum absolute atomic E-state index is 13.5. The van der Waals surface area contributed by atoms with Crippen molar-refractivity contribution in [2.75, 3.05) is 19.4 Å². The molecule has 0 aliphatic carbocycles. The fourth-order valence-corrected chi connectivity index (χ4v) is 6.06. The van der Waals surface area contributed by atoms with E-state index in [2.05, 4.69) is 0 Å². The van der Waals surface area contributed by atoms with Crippen LogP contribution in [0.2, 0.25) is 0 Å². The summed E-state index contributed by atoms with van der Waals surface area (Å²) in [5.41, 5.74) is 0.161. The van der Waals surface area contributed by atoms with Gasteiger partial charge in [-0.1, -0.05) is 30.3 Å². The van der Waals surface area contributed by atoms with Crippen LogP contribution in [0.1, 0.15) is 31.2 Å². The number of amides is 2. The molecule has 1 aromatic carbocycles. The summed E-state index contributed by atoms with van der Waals surface area (Å²) in [6.45, 7) is 0.603. The number of piperidine rings is 1. The van der Waals surface area contributed by atoms with Crippen molar-refractivity contribution in [2.45, 2.75) is 49.1 Å². The maximum atomic E-state index is 13.5. The minimum absolute atomic E-state index is 0.00744. The number of methoxy groups -OCH3 is 1. The van der Waals surface area contributed by atoms with Gasteiger partial charge >= 0.3 is 5.97 Å². The average Bonchev–Trinajstić information content (AvgIpc) is 3.30. The molecule has 0 bridgehead atoms. The minimum Gasteiger partial charge on any atom is -0.467 e. The number of thioether (sulfide) groups is 1. The van der Waals surface area contributed by atoms with Gasteiger partial charge in [-0.05, 0) is 31.2 Å². The molecule has 3 aliphatic rings. The third-order valence-electron chi connectivity index (χ3n) is 5.99. The summed E-state index contributed by atoms with van der Waals surface area (Å²) in [5.74, 6) is 0.123. The molecule has 0 aromatic heterocycles. The van der Waals surface area contributed by atoms with Gasteiger partial charge in [-0.15, -0.1) is 11.8 Å². The Balaban J connectivity index is 1.58. The zero-order chi connectivity index (χ0) is 19.0. The van der Waals surface area contributed by atoms with Crippen LogP contribution in [0.3, 0.4) is 0 Å². The van der Waals surface area contributed by atoms with Crippen LogP contribution in [0.4, 0.5) is 0 Å². The molecule has 3 aliphatic heterocycles. The van der Waals surface area contributed by atoms with Crippen molar-refractivity contribution in [3.63, 3.8) is 0 Å². The van der Waals surface area contributed by atoms with Gasteiger partial charge < -0.3 is 14.5 Å². The number of carbonyl (C=O) groups is 3. The van der Waals surface area contributed by atoms with Gasteiger partial charge in [-0.3, -0.25) is 9.59 Å². The normalized spacial score (nSPS) is 29.9. The maximum Gasteiger partial charge on any atom is 0.329 e. The average molecular weight is 388 g/mol. The van der Waals surface area contributed by atoms with Gasteiger partial charge in [0.1, 0.15) is 11.6 Å². The molecule has 3 fully saturated rings. The zero-order valence-electron chi connectivity index (χ0n) is 15.4. The van der Waals surface area contributed by atoms with Gasteiger partial charge in [0, 0.05) is 12.3 Å². The number of fused-ring (bicyclic) bond motifs is 1. The minimum atomic E-state index is -0.792. The molecule has 0 saturated carbocycles. The molecule has 3 atom stereocenters. The van der Waals surface area contributed by atoms with E-state index in [0.29, 0.717) is 31.6 Å². The van der Waals surface area contributed by atoms with Crippen LogP contribution in [0.25, 0.3) is 0 Å². The highest BCUT2D eigenvalue weighted by molar-refractivity contribution is 8.00. The molecule has 3 saturated heterocycles. The number of benzene rings is 1. The van der Waals surface area contributed by atoms with E-state index in [1.807, 2.05) is 30.3 Å².